The van der Waals surface area contributed by atoms with Crippen molar-refractivity contribution in [2.24, 2.45) is 0 Å². The van der Waals surface area contributed by atoms with Gasteiger partial charge in [0.15, 0.2) is 0 Å². The van der Waals surface area contributed by atoms with Gasteiger partial charge in [0.25, 0.3) is 0 Å². The Morgan fingerprint density at radius 2 is 1.88 bits per heavy atom. The van der Waals surface area contributed by atoms with Gasteiger partial charge in [-0.15, -0.1) is 0 Å². The summed E-state index contributed by atoms with van der Waals surface area (Å²) in [5.74, 6) is 0.549. The van der Waals surface area contributed by atoms with Crippen LogP contribution in [0.25, 0.3) is 0 Å². The van der Waals surface area contributed by atoms with Crippen molar-refractivity contribution in [2.45, 2.75) is 39.7 Å². The first-order chi connectivity index (χ1) is 12.0. The standard InChI is InChI=1S/C20H25IN2O2/c1-4-11-25-20(24)23-19-10-9-17(12-18(19)21)22-13-15-5-7-16(8-6-15)14(2)3/h5-10,12,14,22H,4,11,13H2,1-3H3,(H,23,24). The number of halogens is 1. The first-order valence-electron chi connectivity index (χ1n) is 8.55. The highest BCUT2D eigenvalue weighted by atomic mass is 127. The van der Waals surface area contributed by atoms with Gasteiger partial charge in [0.2, 0.25) is 0 Å². The fourth-order valence-corrected chi connectivity index (χ4v) is 2.94. The van der Waals surface area contributed by atoms with Crippen LogP contribution in [0.4, 0.5) is 16.2 Å². The van der Waals surface area contributed by atoms with Gasteiger partial charge in [-0.05, 0) is 64.3 Å². The summed E-state index contributed by atoms with van der Waals surface area (Å²) in [6, 6.07) is 14.5. The van der Waals surface area contributed by atoms with Crippen LogP contribution in [0.1, 0.15) is 44.2 Å². The molecule has 0 aromatic heterocycles. The van der Waals surface area contributed by atoms with E-state index in [1.165, 1.54) is 11.1 Å². The molecule has 2 N–H and O–H groups in total. The van der Waals surface area contributed by atoms with Gasteiger partial charge in [-0.1, -0.05) is 45.0 Å². The molecule has 2 aromatic rings. The molecule has 0 spiro atoms. The Kier molecular flexibility index (Phi) is 7.55. The number of carbonyl (C=O) groups excluding carboxylic acids is 1. The van der Waals surface area contributed by atoms with Crippen molar-refractivity contribution < 1.29 is 9.53 Å². The Bertz CT molecular complexity index is 699. The Balaban J connectivity index is 1.92. The molecule has 1 amide bonds. The third-order valence-corrected chi connectivity index (χ3v) is 4.68. The molecule has 0 bridgehead atoms. The number of amides is 1. The zero-order chi connectivity index (χ0) is 18.2. The quantitative estimate of drug-likeness (QED) is 0.508. The van der Waals surface area contributed by atoms with Crippen LogP contribution >= 0.6 is 22.6 Å². The normalized spacial score (nSPS) is 10.6. The van der Waals surface area contributed by atoms with Crippen LogP contribution < -0.4 is 10.6 Å². The number of nitrogens with one attached hydrogen (secondary N) is 2. The fourth-order valence-electron chi connectivity index (χ4n) is 2.29. The molecular weight excluding hydrogens is 427 g/mol. The van der Waals surface area contributed by atoms with Crippen LogP contribution in [0.3, 0.4) is 0 Å². The molecule has 0 saturated heterocycles. The van der Waals surface area contributed by atoms with Gasteiger partial charge in [0.1, 0.15) is 0 Å². The second-order valence-electron chi connectivity index (χ2n) is 6.21. The van der Waals surface area contributed by atoms with Gasteiger partial charge in [0.05, 0.1) is 12.3 Å². The lowest BCUT2D eigenvalue weighted by Gasteiger charge is -2.12. The minimum Gasteiger partial charge on any atom is -0.449 e. The molecule has 0 fully saturated rings. The molecule has 4 nitrogen and oxygen atoms in total. The van der Waals surface area contributed by atoms with Gasteiger partial charge >= 0.3 is 6.09 Å². The average molecular weight is 452 g/mol. The van der Waals surface area contributed by atoms with Gasteiger partial charge in [-0.3, -0.25) is 5.32 Å². The minimum atomic E-state index is -0.411. The van der Waals surface area contributed by atoms with Crippen molar-refractivity contribution in [3.05, 3.63) is 57.2 Å². The third kappa shape index (κ3) is 6.23. The molecule has 0 aliphatic rings. The molecule has 0 atom stereocenters. The number of hydrogen-bond donors (Lipinski definition) is 2. The molecule has 0 aliphatic heterocycles. The topological polar surface area (TPSA) is 50.4 Å². The third-order valence-electron chi connectivity index (χ3n) is 3.79. The highest BCUT2D eigenvalue weighted by molar-refractivity contribution is 14.1. The van der Waals surface area contributed by atoms with E-state index in [4.69, 9.17) is 4.74 Å². The molecule has 2 rings (SSSR count). The van der Waals surface area contributed by atoms with E-state index in [9.17, 15) is 4.79 Å². The Labute approximate surface area is 163 Å². The van der Waals surface area contributed by atoms with Crippen molar-refractivity contribution in [3.63, 3.8) is 0 Å². The minimum absolute atomic E-state index is 0.411. The van der Waals surface area contributed by atoms with E-state index in [2.05, 4.69) is 71.3 Å². The molecule has 0 radical (unpaired) electrons. The van der Waals surface area contributed by atoms with E-state index in [0.717, 1.165) is 27.9 Å². The summed E-state index contributed by atoms with van der Waals surface area (Å²) in [5, 5.41) is 6.18. The van der Waals surface area contributed by atoms with Crippen LogP contribution in [0.2, 0.25) is 0 Å². The number of carbonyl (C=O) groups is 1. The highest BCUT2D eigenvalue weighted by Gasteiger charge is 2.07. The van der Waals surface area contributed by atoms with E-state index in [0.29, 0.717) is 12.5 Å². The van der Waals surface area contributed by atoms with E-state index < -0.39 is 6.09 Å². The lowest BCUT2D eigenvalue weighted by atomic mass is 10.0. The summed E-state index contributed by atoms with van der Waals surface area (Å²) in [6.45, 7) is 7.55. The van der Waals surface area contributed by atoms with Crippen molar-refractivity contribution in [2.75, 3.05) is 17.2 Å². The summed E-state index contributed by atoms with van der Waals surface area (Å²) in [4.78, 5) is 11.6. The average Bonchev–Trinajstić information content (AvgIpc) is 2.60. The summed E-state index contributed by atoms with van der Waals surface area (Å²) < 4.78 is 6.01. The zero-order valence-corrected chi connectivity index (χ0v) is 17.1. The maximum atomic E-state index is 11.6. The van der Waals surface area contributed by atoms with Gasteiger partial charge in [-0.2, -0.15) is 0 Å². The van der Waals surface area contributed by atoms with Crippen molar-refractivity contribution in [1.82, 2.24) is 0 Å². The van der Waals surface area contributed by atoms with E-state index >= 15 is 0 Å². The number of anilines is 2. The summed E-state index contributed by atoms with van der Waals surface area (Å²) in [5.41, 5.74) is 4.37. The Morgan fingerprint density at radius 1 is 1.16 bits per heavy atom. The summed E-state index contributed by atoms with van der Waals surface area (Å²) >= 11 is 2.21. The second-order valence-corrected chi connectivity index (χ2v) is 7.37. The van der Waals surface area contributed by atoms with E-state index in [1.54, 1.807) is 0 Å². The Morgan fingerprint density at radius 3 is 2.48 bits per heavy atom. The zero-order valence-electron chi connectivity index (χ0n) is 14.9. The largest absolute Gasteiger partial charge is 0.449 e. The van der Waals surface area contributed by atoms with Gasteiger partial charge in [0, 0.05) is 15.8 Å². The van der Waals surface area contributed by atoms with Crippen molar-refractivity contribution in [3.8, 4) is 0 Å². The molecule has 0 aliphatic carbocycles. The number of ether oxygens (including phenoxy) is 1. The van der Waals surface area contributed by atoms with Crippen LogP contribution in [0.15, 0.2) is 42.5 Å². The molecule has 2 aromatic carbocycles. The maximum absolute atomic E-state index is 11.6. The fraction of sp³-hybridized carbons (Fsp3) is 0.350. The molecule has 0 saturated carbocycles. The molecule has 0 heterocycles. The predicted octanol–water partition coefficient (Wildman–Crippen LogP) is 5.99. The lowest BCUT2D eigenvalue weighted by Crippen LogP contribution is -2.15. The van der Waals surface area contributed by atoms with Crippen LogP contribution in [0.5, 0.6) is 0 Å². The monoisotopic (exact) mass is 452 g/mol. The molecule has 25 heavy (non-hydrogen) atoms. The van der Waals surface area contributed by atoms with E-state index in [-0.39, 0.29) is 0 Å². The van der Waals surface area contributed by atoms with Crippen molar-refractivity contribution >= 4 is 40.1 Å². The molecule has 134 valence electrons. The van der Waals surface area contributed by atoms with Crippen LogP contribution in [0, 0.1) is 3.57 Å². The predicted molar refractivity (Wildman–Crippen MR) is 112 cm³/mol. The Hall–Kier alpha value is -1.76. The number of rotatable bonds is 7. The second kappa shape index (κ2) is 9.65. The van der Waals surface area contributed by atoms with Crippen LogP contribution in [-0.4, -0.2) is 12.7 Å². The van der Waals surface area contributed by atoms with Crippen molar-refractivity contribution in [1.29, 1.82) is 0 Å². The first kappa shape index (κ1) is 19.6. The lowest BCUT2D eigenvalue weighted by molar-refractivity contribution is 0.161. The smallest absolute Gasteiger partial charge is 0.411 e. The highest BCUT2D eigenvalue weighted by Crippen LogP contribution is 2.23. The number of benzene rings is 2. The van der Waals surface area contributed by atoms with Crippen LogP contribution in [-0.2, 0) is 11.3 Å². The molecule has 5 heteroatoms. The SMILES string of the molecule is CCCOC(=O)Nc1ccc(NCc2ccc(C(C)C)cc2)cc1I. The first-order valence-corrected chi connectivity index (χ1v) is 9.63. The van der Waals surface area contributed by atoms with E-state index in [1.807, 2.05) is 25.1 Å². The maximum Gasteiger partial charge on any atom is 0.411 e. The van der Waals surface area contributed by atoms with Gasteiger partial charge in [-0.25, -0.2) is 4.79 Å². The molecule has 0 unspecified atom stereocenters. The molecular formula is C20H25IN2O2. The summed E-state index contributed by atoms with van der Waals surface area (Å²) in [6.07, 6.45) is 0.400. The number of hydrogen-bond acceptors (Lipinski definition) is 3. The summed E-state index contributed by atoms with van der Waals surface area (Å²) in [7, 11) is 0. The van der Waals surface area contributed by atoms with Gasteiger partial charge < -0.3 is 10.1 Å².